The van der Waals surface area contributed by atoms with Crippen LogP contribution in [0.2, 0.25) is 0 Å². The van der Waals surface area contributed by atoms with E-state index in [-0.39, 0.29) is 0 Å². The first-order valence-corrected chi connectivity index (χ1v) is 7.07. The minimum absolute atomic E-state index is 0.292. The topological polar surface area (TPSA) is 63.2 Å². The molecule has 0 aliphatic carbocycles. The number of carbonyl (C=O) groups is 1. The molecule has 2 aliphatic heterocycles. The van der Waals surface area contributed by atoms with Crippen molar-refractivity contribution in [3.05, 3.63) is 11.7 Å². The van der Waals surface area contributed by atoms with Crippen LogP contribution in [0.15, 0.2) is 11.7 Å². The van der Waals surface area contributed by atoms with Crippen LogP contribution >= 0.6 is 0 Å². The summed E-state index contributed by atoms with van der Waals surface area (Å²) >= 11 is 0. The molecule has 0 N–H and O–H groups in total. The summed E-state index contributed by atoms with van der Waals surface area (Å²) in [5.41, 5.74) is -0.0511. The zero-order chi connectivity index (χ0) is 15.9. The highest BCUT2D eigenvalue weighted by atomic mass is 16.7. The average Bonchev–Trinajstić information content (AvgIpc) is 2.59. The van der Waals surface area contributed by atoms with E-state index in [1.807, 2.05) is 27.7 Å². The van der Waals surface area contributed by atoms with Gasteiger partial charge in [0.1, 0.15) is 0 Å². The lowest BCUT2D eigenvalue weighted by Crippen LogP contribution is -2.47. The minimum atomic E-state index is -1.01. The number of ether oxygens (including phenoxy) is 3. The van der Waals surface area contributed by atoms with Gasteiger partial charge in [-0.1, -0.05) is 0 Å². The average molecular weight is 298 g/mol. The van der Waals surface area contributed by atoms with Crippen LogP contribution in [0.4, 0.5) is 0 Å². The fourth-order valence-corrected chi connectivity index (χ4v) is 2.03. The van der Waals surface area contributed by atoms with Crippen LogP contribution in [-0.4, -0.2) is 43.3 Å². The first-order valence-electron chi connectivity index (χ1n) is 7.07. The molecule has 6 nitrogen and oxygen atoms in total. The number of rotatable bonds is 4. The maximum atomic E-state index is 10.4. The third-order valence-corrected chi connectivity index (χ3v) is 4.52. The highest BCUT2D eigenvalue weighted by molar-refractivity contribution is 6.54. The molecule has 21 heavy (non-hydrogen) atoms. The van der Waals surface area contributed by atoms with Crippen molar-refractivity contribution in [3.8, 4) is 0 Å². The number of hydrogen-bond donors (Lipinski definition) is 0. The van der Waals surface area contributed by atoms with Crippen LogP contribution < -0.4 is 0 Å². The third kappa shape index (κ3) is 2.95. The standard InChI is InChI=1S/C14H23BO6/c1-10(17-9-16)14(6)18-7-11(8-19-14)15-20-12(2,3)13(4,5)21-15/h7,9-10H,8H2,1-6H3. The zero-order valence-corrected chi connectivity index (χ0v) is 13.5. The summed E-state index contributed by atoms with van der Waals surface area (Å²) in [6.07, 6.45) is 1.06. The maximum absolute atomic E-state index is 10.4. The molecule has 0 amide bonds. The fraction of sp³-hybridized carbons (Fsp3) is 0.786. The number of carbonyl (C=O) groups excluding carboxylic acids is 1. The molecule has 2 heterocycles. The Morgan fingerprint density at radius 3 is 2.24 bits per heavy atom. The lowest BCUT2D eigenvalue weighted by Gasteiger charge is -2.36. The summed E-state index contributed by atoms with van der Waals surface area (Å²) in [5.74, 6) is -1.01. The van der Waals surface area contributed by atoms with Crippen LogP contribution in [0.3, 0.4) is 0 Å². The zero-order valence-electron chi connectivity index (χ0n) is 13.5. The van der Waals surface area contributed by atoms with Gasteiger partial charge in [-0.25, -0.2) is 0 Å². The molecule has 118 valence electrons. The molecule has 0 aromatic rings. The lowest BCUT2D eigenvalue weighted by atomic mass is 9.79. The highest BCUT2D eigenvalue weighted by Gasteiger charge is 2.53. The monoisotopic (exact) mass is 298 g/mol. The molecule has 2 rings (SSSR count). The van der Waals surface area contributed by atoms with Crippen molar-refractivity contribution >= 4 is 13.6 Å². The predicted octanol–water partition coefficient (Wildman–Crippen LogP) is 1.83. The quantitative estimate of drug-likeness (QED) is 0.583. The fourth-order valence-electron chi connectivity index (χ4n) is 2.03. The van der Waals surface area contributed by atoms with Crippen LogP contribution in [0, 0.1) is 0 Å². The molecule has 1 saturated heterocycles. The van der Waals surface area contributed by atoms with Crippen molar-refractivity contribution in [2.45, 2.75) is 64.6 Å². The van der Waals surface area contributed by atoms with Crippen molar-refractivity contribution in [1.29, 1.82) is 0 Å². The van der Waals surface area contributed by atoms with E-state index in [2.05, 4.69) is 0 Å². The number of hydrogen-bond acceptors (Lipinski definition) is 6. The van der Waals surface area contributed by atoms with Crippen molar-refractivity contribution in [2.24, 2.45) is 0 Å². The lowest BCUT2D eigenvalue weighted by molar-refractivity contribution is -0.252. The second-order valence-electron chi connectivity index (χ2n) is 6.58. The molecular formula is C14H23BO6. The van der Waals surface area contributed by atoms with E-state index in [1.54, 1.807) is 20.1 Å². The van der Waals surface area contributed by atoms with E-state index >= 15 is 0 Å². The second kappa shape index (κ2) is 5.30. The molecule has 0 aromatic heterocycles. The molecule has 2 aliphatic rings. The van der Waals surface area contributed by atoms with Crippen LogP contribution in [0.1, 0.15) is 41.5 Å². The maximum Gasteiger partial charge on any atom is 0.496 e. The molecule has 1 fully saturated rings. The van der Waals surface area contributed by atoms with E-state index in [1.165, 1.54) is 0 Å². The summed E-state index contributed by atoms with van der Waals surface area (Å²) in [4.78, 5) is 10.4. The van der Waals surface area contributed by atoms with Crippen molar-refractivity contribution in [1.82, 2.24) is 0 Å². The molecule has 2 atom stereocenters. The summed E-state index contributed by atoms with van der Waals surface area (Å²) in [7, 11) is -0.498. The Kier molecular flexibility index (Phi) is 4.12. The first-order chi connectivity index (χ1) is 9.61. The van der Waals surface area contributed by atoms with Gasteiger partial charge < -0.3 is 23.5 Å². The van der Waals surface area contributed by atoms with Gasteiger partial charge >= 0.3 is 7.12 Å². The van der Waals surface area contributed by atoms with Crippen molar-refractivity contribution in [3.63, 3.8) is 0 Å². The molecule has 2 unspecified atom stereocenters. The summed E-state index contributed by atoms with van der Waals surface area (Å²) < 4.78 is 28.1. The molecule has 7 heteroatoms. The smallest absolute Gasteiger partial charge is 0.467 e. The Morgan fingerprint density at radius 1 is 1.24 bits per heavy atom. The van der Waals surface area contributed by atoms with E-state index in [0.29, 0.717) is 13.1 Å². The van der Waals surface area contributed by atoms with Crippen LogP contribution in [0.5, 0.6) is 0 Å². The van der Waals surface area contributed by atoms with Gasteiger partial charge in [-0.3, -0.25) is 4.79 Å². The molecule has 0 aromatic carbocycles. The van der Waals surface area contributed by atoms with Gasteiger partial charge in [-0.2, -0.15) is 0 Å². The van der Waals surface area contributed by atoms with Gasteiger partial charge in [0.05, 0.1) is 24.1 Å². The second-order valence-corrected chi connectivity index (χ2v) is 6.58. The highest BCUT2D eigenvalue weighted by Crippen LogP contribution is 2.39. The largest absolute Gasteiger partial charge is 0.496 e. The molecule has 0 saturated carbocycles. The van der Waals surface area contributed by atoms with Gasteiger partial charge in [0.15, 0.2) is 6.10 Å². The predicted molar refractivity (Wildman–Crippen MR) is 76.2 cm³/mol. The Hall–Kier alpha value is -1.05. The normalized spacial score (nSPS) is 32.1. The van der Waals surface area contributed by atoms with Gasteiger partial charge in [0, 0.05) is 12.4 Å². The van der Waals surface area contributed by atoms with Gasteiger partial charge in [-0.05, 0) is 34.6 Å². The Labute approximate surface area is 125 Å². The molecular weight excluding hydrogens is 275 g/mol. The summed E-state index contributed by atoms with van der Waals surface area (Å²) in [6.45, 7) is 12.1. The minimum Gasteiger partial charge on any atom is -0.467 e. The first kappa shape index (κ1) is 16.3. The van der Waals surface area contributed by atoms with Gasteiger partial charge in [0.25, 0.3) is 6.47 Å². The molecule has 0 radical (unpaired) electrons. The Bertz CT molecular complexity index is 431. The third-order valence-electron chi connectivity index (χ3n) is 4.52. The Balaban J connectivity index is 2.06. The SMILES string of the molecule is CC(OC=O)C1(C)OC=C(B2OC(C)(C)C(C)(C)O2)CO1. The molecule has 0 bridgehead atoms. The summed E-state index contributed by atoms with van der Waals surface area (Å²) in [6, 6.07) is 0. The molecule has 0 spiro atoms. The van der Waals surface area contributed by atoms with Crippen molar-refractivity contribution in [2.75, 3.05) is 6.61 Å². The van der Waals surface area contributed by atoms with E-state index < -0.39 is 30.2 Å². The van der Waals surface area contributed by atoms with E-state index in [4.69, 9.17) is 23.5 Å². The van der Waals surface area contributed by atoms with Gasteiger partial charge in [-0.15, -0.1) is 0 Å². The van der Waals surface area contributed by atoms with E-state index in [0.717, 1.165) is 5.47 Å². The Morgan fingerprint density at radius 2 is 1.81 bits per heavy atom. The van der Waals surface area contributed by atoms with Crippen LogP contribution in [-0.2, 0) is 28.3 Å². The van der Waals surface area contributed by atoms with Gasteiger partial charge in [0.2, 0.25) is 5.79 Å². The van der Waals surface area contributed by atoms with Crippen molar-refractivity contribution < 1.29 is 28.3 Å². The van der Waals surface area contributed by atoms with E-state index in [9.17, 15) is 4.79 Å². The van der Waals surface area contributed by atoms with Crippen LogP contribution in [0.25, 0.3) is 0 Å². The summed E-state index contributed by atoms with van der Waals surface area (Å²) in [5, 5.41) is 0.